The Labute approximate surface area is 137 Å². The number of hydrogen-bond donors (Lipinski definition) is 1. The number of carbonyl (C=O) groups is 1. The highest BCUT2D eigenvalue weighted by atomic mass is 32.2. The van der Waals surface area contributed by atoms with E-state index >= 15 is 0 Å². The molecule has 1 aliphatic carbocycles. The van der Waals surface area contributed by atoms with E-state index in [9.17, 15) is 21.6 Å². The molecule has 1 saturated carbocycles. The quantitative estimate of drug-likeness (QED) is 0.836. The summed E-state index contributed by atoms with van der Waals surface area (Å²) in [5.74, 6) is -0.0568. The van der Waals surface area contributed by atoms with Crippen LogP contribution in [-0.2, 0) is 24.7 Å². The van der Waals surface area contributed by atoms with Gasteiger partial charge in [-0.3, -0.25) is 4.79 Å². The van der Waals surface area contributed by atoms with Crippen LogP contribution in [0.15, 0.2) is 34.1 Å². The summed E-state index contributed by atoms with van der Waals surface area (Å²) >= 11 is 0. The van der Waals surface area contributed by atoms with Crippen LogP contribution in [0.5, 0.6) is 0 Å². The van der Waals surface area contributed by atoms with Gasteiger partial charge < -0.3 is 0 Å². The molecule has 1 aromatic carbocycles. The second kappa shape index (κ2) is 7.00. The molecule has 128 valence electrons. The molecule has 0 spiro atoms. The first-order valence-electron chi connectivity index (χ1n) is 7.54. The van der Waals surface area contributed by atoms with Crippen molar-refractivity contribution in [2.45, 2.75) is 48.3 Å². The van der Waals surface area contributed by atoms with E-state index in [1.807, 2.05) is 4.72 Å². The average Bonchev–Trinajstić information content (AvgIpc) is 2.97. The Hall–Kier alpha value is -1.41. The monoisotopic (exact) mass is 359 g/mol. The van der Waals surface area contributed by atoms with Gasteiger partial charge in [0, 0.05) is 12.7 Å². The fourth-order valence-electron chi connectivity index (χ4n) is 2.77. The predicted octanol–water partition coefficient (Wildman–Crippen LogP) is 1.87. The lowest BCUT2D eigenvalue weighted by molar-refractivity contribution is -0.119. The van der Waals surface area contributed by atoms with E-state index in [-0.39, 0.29) is 16.2 Å². The Morgan fingerprint density at radius 2 is 1.74 bits per heavy atom. The minimum atomic E-state index is -4.05. The van der Waals surface area contributed by atoms with Crippen molar-refractivity contribution in [2.24, 2.45) is 5.92 Å². The zero-order valence-corrected chi connectivity index (χ0v) is 14.6. The number of sulfonamides is 1. The van der Waals surface area contributed by atoms with Crippen LogP contribution in [0.1, 0.15) is 38.5 Å². The summed E-state index contributed by atoms with van der Waals surface area (Å²) in [5, 5.41) is 0. The van der Waals surface area contributed by atoms with Crippen molar-refractivity contribution in [3.8, 4) is 0 Å². The van der Waals surface area contributed by atoms with Crippen LogP contribution < -0.4 is 4.72 Å². The van der Waals surface area contributed by atoms with E-state index in [2.05, 4.69) is 0 Å². The normalized spacial score (nSPS) is 16.4. The number of rotatable bonds is 6. The number of sulfone groups is 1. The third kappa shape index (κ3) is 5.04. The SMILES string of the molecule is CS(=O)(=O)c1cccc(S(=O)(=O)NC(=O)CCC2CCCC2)c1. The lowest BCUT2D eigenvalue weighted by Gasteiger charge is -2.10. The molecule has 0 saturated heterocycles. The highest BCUT2D eigenvalue weighted by Crippen LogP contribution is 2.28. The van der Waals surface area contributed by atoms with E-state index in [1.54, 1.807) is 0 Å². The van der Waals surface area contributed by atoms with Gasteiger partial charge in [0.15, 0.2) is 9.84 Å². The first kappa shape index (κ1) is 17.9. The van der Waals surface area contributed by atoms with Crippen molar-refractivity contribution in [3.05, 3.63) is 24.3 Å². The van der Waals surface area contributed by atoms with Crippen LogP contribution in [-0.4, -0.2) is 29.0 Å². The predicted molar refractivity (Wildman–Crippen MR) is 86.1 cm³/mol. The van der Waals surface area contributed by atoms with Crippen molar-refractivity contribution in [3.63, 3.8) is 0 Å². The van der Waals surface area contributed by atoms with Gasteiger partial charge in [-0.05, 0) is 30.5 Å². The van der Waals surface area contributed by atoms with Crippen LogP contribution in [0.25, 0.3) is 0 Å². The van der Waals surface area contributed by atoms with Gasteiger partial charge in [0.2, 0.25) is 5.91 Å². The van der Waals surface area contributed by atoms with Gasteiger partial charge in [-0.25, -0.2) is 21.6 Å². The van der Waals surface area contributed by atoms with Crippen molar-refractivity contribution < 1.29 is 21.6 Å². The highest BCUT2D eigenvalue weighted by molar-refractivity contribution is 7.91. The van der Waals surface area contributed by atoms with E-state index in [0.717, 1.165) is 25.2 Å². The molecule has 0 aliphatic heterocycles. The number of nitrogens with one attached hydrogen (secondary N) is 1. The van der Waals surface area contributed by atoms with Crippen LogP contribution in [0.4, 0.5) is 0 Å². The zero-order valence-electron chi connectivity index (χ0n) is 13.0. The molecule has 0 unspecified atom stereocenters. The molecule has 1 aliphatic rings. The Bertz CT molecular complexity index is 778. The number of amides is 1. The second-order valence-corrected chi connectivity index (χ2v) is 9.66. The highest BCUT2D eigenvalue weighted by Gasteiger charge is 2.21. The van der Waals surface area contributed by atoms with Gasteiger partial charge >= 0.3 is 0 Å². The summed E-state index contributed by atoms with van der Waals surface area (Å²) in [6.07, 6.45) is 6.37. The Balaban J connectivity index is 2.04. The standard InChI is InChI=1S/C15H21NO5S2/c1-22(18,19)13-7-4-8-14(11-13)23(20,21)16-15(17)10-9-12-5-2-3-6-12/h4,7-8,11-12H,2-3,5-6,9-10H2,1H3,(H,16,17). The molecule has 1 amide bonds. The maximum atomic E-state index is 12.2. The molecule has 0 atom stereocenters. The molecular weight excluding hydrogens is 338 g/mol. The number of hydrogen-bond acceptors (Lipinski definition) is 5. The summed E-state index contributed by atoms with van der Waals surface area (Å²) in [7, 11) is -7.56. The van der Waals surface area contributed by atoms with Gasteiger partial charge in [0.25, 0.3) is 10.0 Å². The molecule has 0 radical (unpaired) electrons. The number of carbonyl (C=O) groups excluding carboxylic acids is 1. The minimum absolute atomic E-state index is 0.0984. The van der Waals surface area contributed by atoms with Gasteiger partial charge in [-0.1, -0.05) is 31.7 Å². The molecule has 2 rings (SSSR count). The smallest absolute Gasteiger partial charge is 0.264 e. The van der Waals surface area contributed by atoms with Gasteiger partial charge in [-0.2, -0.15) is 0 Å². The van der Waals surface area contributed by atoms with E-state index in [0.29, 0.717) is 12.3 Å². The summed E-state index contributed by atoms with van der Waals surface area (Å²) in [4.78, 5) is 11.5. The van der Waals surface area contributed by atoms with Crippen LogP contribution in [0.3, 0.4) is 0 Å². The summed E-state index contributed by atoms with van der Waals surface area (Å²) in [6.45, 7) is 0. The van der Waals surface area contributed by atoms with E-state index in [1.165, 1.54) is 31.0 Å². The fraction of sp³-hybridized carbons (Fsp3) is 0.533. The molecule has 6 nitrogen and oxygen atoms in total. The second-order valence-electron chi connectivity index (χ2n) is 5.96. The molecule has 0 aromatic heterocycles. The Kier molecular flexibility index (Phi) is 5.46. The van der Waals surface area contributed by atoms with Crippen LogP contribution in [0.2, 0.25) is 0 Å². The molecule has 23 heavy (non-hydrogen) atoms. The van der Waals surface area contributed by atoms with Crippen LogP contribution in [0, 0.1) is 5.92 Å². The molecule has 0 heterocycles. The Morgan fingerprint density at radius 1 is 1.13 bits per heavy atom. The lowest BCUT2D eigenvalue weighted by Crippen LogP contribution is -2.30. The molecule has 8 heteroatoms. The van der Waals surface area contributed by atoms with E-state index in [4.69, 9.17) is 0 Å². The third-order valence-electron chi connectivity index (χ3n) is 4.05. The first-order valence-corrected chi connectivity index (χ1v) is 10.9. The van der Waals surface area contributed by atoms with E-state index < -0.39 is 25.8 Å². The van der Waals surface area contributed by atoms with Gasteiger partial charge in [0.1, 0.15) is 0 Å². The summed E-state index contributed by atoms with van der Waals surface area (Å²) < 4.78 is 49.4. The van der Waals surface area contributed by atoms with Crippen molar-refractivity contribution in [1.82, 2.24) is 4.72 Å². The first-order chi connectivity index (χ1) is 10.7. The van der Waals surface area contributed by atoms with Gasteiger partial charge in [0.05, 0.1) is 9.79 Å². The maximum absolute atomic E-state index is 12.2. The Morgan fingerprint density at radius 3 is 2.35 bits per heavy atom. The lowest BCUT2D eigenvalue weighted by atomic mass is 10.0. The molecule has 1 fully saturated rings. The van der Waals surface area contributed by atoms with Crippen molar-refractivity contribution >= 4 is 25.8 Å². The molecule has 1 aromatic rings. The molecule has 0 bridgehead atoms. The van der Waals surface area contributed by atoms with Gasteiger partial charge in [-0.15, -0.1) is 0 Å². The zero-order chi connectivity index (χ0) is 17.1. The topological polar surface area (TPSA) is 97.4 Å². The minimum Gasteiger partial charge on any atom is -0.274 e. The van der Waals surface area contributed by atoms with Crippen LogP contribution >= 0.6 is 0 Å². The van der Waals surface area contributed by atoms with Crippen molar-refractivity contribution in [2.75, 3.05) is 6.26 Å². The summed E-state index contributed by atoms with van der Waals surface area (Å²) in [6, 6.07) is 4.98. The number of benzene rings is 1. The average molecular weight is 359 g/mol. The third-order valence-corrected chi connectivity index (χ3v) is 6.53. The summed E-state index contributed by atoms with van der Waals surface area (Å²) in [5.41, 5.74) is 0. The largest absolute Gasteiger partial charge is 0.274 e. The maximum Gasteiger partial charge on any atom is 0.264 e. The van der Waals surface area contributed by atoms with Crippen molar-refractivity contribution in [1.29, 1.82) is 0 Å². The fourth-order valence-corrected chi connectivity index (χ4v) is 4.57. The molecular formula is C15H21NO5S2. The molecule has 1 N–H and O–H groups in total.